The number of aromatic nitrogens is 2. The topological polar surface area (TPSA) is 97.4 Å². The first-order valence-electron chi connectivity index (χ1n) is 9.35. The van der Waals surface area contributed by atoms with Crippen LogP contribution in [0.5, 0.6) is 0 Å². The van der Waals surface area contributed by atoms with Crippen LogP contribution in [0.25, 0.3) is 17.1 Å². The molecule has 0 saturated heterocycles. The number of hydrogen-bond acceptors (Lipinski definition) is 4. The molecule has 28 heavy (non-hydrogen) atoms. The Hall–Kier alpha value is -3.35. The molecular weight excluding hydrogens is 358 g/mol. The summed E-state index contributed by atoms with van der Waals surface area (Å²) < 4.78 is 7.03. The van der Waals surface area contributed by atoms with Crippen LogP contribution in [0.1, 0.15) is 36.2 Å². The Bertz CT molecular complexity index is 955. The first-order valence-corrected chi connectivity index (χ1v) is 9.35. The lowest BCUT2D eigenvalue weighted by molar-refractivity contribution is -0.142. The van der Waals surface area contributed by atoms with Crippen molar-refractivity contribution in [2.24, 2.45) is 5.92 Å². The first kappa shape index (κ1) is 18.0. The molecule has 1 aromatic carbocycles. The summed E-state index contributed by atoms with van der Waals surface area (Å²) in [5.74, 6) is -0.706. The van der Waals surface area contributed by atoms with Gasteiger partial charge in [0.05, 0.1) is 17.9 Å². The highest BCUT2D eigenvalue weighted by Gasteiger charge is 2.28. The molecule has 0 radical (unpaired) electrons. The largest absolute Gasteiger partial charge is 0.481 e. The van der Waals surface area contributed by atoms with Gasteiger partial charge in [-0.25, -0.2) is 4.68 Å². The van der Waals surface area contributed by atoms with E-state index >= 15 is 0 Å². The van der Waals surface area contributed by atoms with Crippen LogP contribution in [0, 0.1) is 5.92 Å². The smallest absolute Gasteiger partial charge is 0.306 e. The zero-order valence-corrected chi connectivity index (χ0v) is 15.2. The maximum Gasteiger partial charge on any atom is 0.306 e. The Morgan fingerprint density at radius 1 is 1.07 bits per heavy atom. The summed E-state index contributed by atoms with van der Waals surface area (Å²) in [5.41, 5.74) is 1.77. The normalized spacial score (nSPS) is 19.3. The van der Waals surface area contributed by atoms with Gasteiger partial charge in [-0.05, 0) is 49.9 Å². The van der Waals surface area contributed by atoms with E-state index in [2.05, 4.69) is 10.4 Å². The number of carboxylic acid groups (broad SMARTS) is 1. The second-order valence-corrected chi connectivity index (χ2v) is 7.00. The highest BCUT2D eigenvalue weighted by molar-refractivity contribution is 5.94. The lowest BCUT2D eigenvalue weighted by atomic mass is 9.86. The number of nitrogens with one attached hydrogen (secondary N) is 1. The van der Waals surface area contributed by atoms with Gasteiger partial charge in [-0.2, -0.15) is 5.10 Å². The zero-order chi connectivity index (χ0) is 19.5. The summed E-state index contributed by atoms with van der Waals surface area (Å²) in [7, 11) is 0. The van der Waals surface area contributed by atoms with Gasteiger partial charge in [0.2, 0.25) is 0 Å². The van der Waals surface area contributed by atoms with Crippen molar-refractivity contribution in [3.05, 3.63) is 60.5 Å². The summed E-state index contributed by atoms with van der Waals surface area (Å²) >= 11 is 0. The number of nitrogens with zero attached hydrogens (tertiary/aromatic N) is 2. The fourth-order valence-electron chi connectivity index (χ4n) is 3.60. The number of carbonyl (C=O) groups excluding carboxylic acids is 1. The number of benzene rings is 1. The molecule has 0 unspecified atom stereocenters. The van der Waals surface area contributed by atoms with Crippen LogP contribution in [-0.4, -0.2) is 32.8 Å². The molecule has 2 heterocycles. The Labute approximate surface area is 162 Å². The number of carbonyl (C=O) groups is 2. The zero-order valence-electron chi connectivity index (χ0n) is 15.2. The van der Waals surface area contributed by atoms with Gasteiger partial charge in [0, 0.05) is 12.1 Å². The highest BCUT2D eigenvalue weighted by atomic mass is 16.4. The third kappa shape index (κ3) is 3.69. The van der Waals surface area contributed by atoms with E-state index in [0.29, 0.717) is 42.8 Å². The molecule has 2 N–H and O–H groups in total. The number of rotatable bonds is 5. The predicted molar refractivity (Wildman–Crippen MR) is 102 cm³/mol. The molecular formula is C21H21N3O4. The van der Waals surface area contributed by atoms with Gasteiger partial charge >= 0.3 is 5.97 Å². The fraction of sp³-hybridized carbons (Fsp3) is 0.286. The molecule has 1 fully saturated rings. The molecule has 1 saturated carbocycles. The molecule has 0 bridgehead atoms. The number of amides is 1. The monoisotopic (exact) mass is 379 g/mol. The summed E-state index contributed by atoms with van der Waals surface area (Å²) in [6, 6.07) is 14.7. The summed E-state index contributed by atoms with van der Waals surface area (Å²) in [6.07, 6.45) is 4.05. The molecule has 1 aliphatic carbocycles. The number of hydrogen-bond donors (Lipinski definition) is 2. The van der Waals surface area contributed by atoms with Gasteiger partial charge in [-0.3, -0.25) is 9.59 Å². The SMILES string of the molecule is O=C(NC1CCC(C(=O)O)CC1)c1cc(-c2ccco2)nn1-c1ccccc1. The molecule has 3 aromatic rings. The molecule has 0 spiro atoms. The van der Waals surface area contributed by atoms with Crippen LogP contribution < -0.4 is 5.32 Å². The van der Waals surface area contributed by atoms with Crippen LogP contribution >= 0.6 is 0 Å². The van der Waals surface area contributed by atoms with E-state index in [4.69, 9.17) is 9.52 Å². The summed E-state index contributed by atoms with van der Waals surface area (Å²) in [4.78, 5) is 24.1. The van der Waals surface area contributed by atoms with Crippen LogP contribution in [0.2, 0.25) is 0 Å². The number of para-hydroxylation sites is 1. The molecule has 4 rings (SSSR count). The van der Waals surface area contributed by atoms with E-state index in [9.17, 15) is 9.59 Å². The van der Waals surface area contributed by atoms with E-state index in [-0.39, 0.29) is 17.9 Å². The number of furan rings is 1. The van der Waals surface area contributed by atoms with Crippen molar-refractivity contribution in [1.29, 1.82) is 0 Å². The van der Waals surface area contributed by atoms with E-state index < -0.39 is 5.97 Å². The first-order chi connectivity index (χ1) is 13.6. The summed E-state index contributed by atoms with van der Waals surface area (Å²) in [5, 5.41) is 16.7. The number of aliphatic carboxylic acids is 1. The minimum atomic E-state index is -0.755. The fourth-order valence-corrected chi connectivity index (χ4v) is 3.60. The van der Waals surface area contributed by atoms with E-state index in [1.165, 1.54) is 0 Å². The molecule has 7 nitrogen and oxygen atoms in total. The van der Waals surface area contributed by atoms with Gasteiger partial charge in [-0.1, -0.05) is 18.2 Å². The molecule has 144 valence electrons. The van der Waals surface area contributed by atoms with Crippen molar-refractivity contribution >= 4 is 11.9 Å². The number of carboxylic acids is 1. The third-order valence-electron chi connectivity index (χ3n) is 5.13. The van der Waals surface area contributed by atoms with E-state index in [1.807, 2.05) is 30.3 Å². The van der Waals surface area contributed by atoms with Crippen LogP contribution in [0.3, 0.4) is 0 Å². The maximum atomic E-state index is 13.0. The van der Waals surface area contributed by atoms with Gasteiger partial charge in [0.25, 0.3) is 5.91 Å². The molecule has 1 aliphatic rings. The third-order valence-corrected chi connectivity index (χ3v) is 5.13. The average Bonchev–Trinajstić information content (AvgIpc) is 3.39. The van der Waals surface area contributed by atoms with Gasteiger partial charge in [0.15, 0.2) is 5.76 Å². The lowest BCUT2D eigenvalue weighted by Gasteiger charge is -2.26. The minimum Gasteiger partial charge on any atom is -0.481 e. The van der Waals surface area contributed by atoms with Crippen molar-refractivity contribution in [1.82, 2.24) is 15.1 Å². The van der Waals surface area contributed by atoms with Crippen LogP contribution in [-0.2, 0) is 4.79 Å². The van der Waals surface area contributed by atoms with Crippen molar-refractivity contribution in [3.8, 4) is 17.1 Å². The lowest BCUT2D eigenvalue weighted by Crippen LogP contribution is -2.39. The molecule has 2 aromatic heterocycles. The van der Waals surface area contributed by atoms with Crippen LogP contribution in [0.15, 0.2) is 59.2 Å². The Morgan fingerprint density at radius 2 is 1.82 bits per heavy atom. The summed E-state index contributed by atoms with van der Waals surface area (Å²) in [6.45, 7) is 0. The molecule has 0 aliphatic heterocycles. The van der Waals surface area contributed by atoms with Gasteiger partial charge in [-0.15, -0.1) is 0 Å². The van der Waals surface area contributed by atoms with Gasteiger partial charge in [0.1, 0.15) is 11.4 Å². The Kier molecular flexibility index (Phi) is 4.97. The van der Waals surface area contributed by atoms with Crippen molar-refractivity contribution in [2.45, 2.75) is 31.7 Å². The predicted octanol–water partition coefficient (Wildman–Crippen LogP) is 3.51. The Morgan fingerprint density at radius 3 is 2.46 bits per heavy atom. The standard InChI is InChI=1S/C21H21N3O4/c25-20(22-15-10-8-14(9-11-15)21(26)27)18-13-17(19-7-4-12-28-19)23-24(18)16-5-2-1-3-6-16/h1-7,12-15H,8-11H2,(H,22,25)(H,26,27). The van der Waals surface area contributed by atoms with Crippen LogP contribution in [0.4, 0.5) is 0 Å². The molecule has 7 heteroatoms. The second-order valence-electron chi connectivity index (χ2n) is 7.00. The van der Waals surface area contributed by atoms with E-state index in [1.54, 1.807) is 29.1 Å². The Balaban J connectivity index is 1.57. The van der Waals surface area contributed by atoms with Crippen molar-refractivity contribution in [3.63, 3.8) is 0 Å². The molecule has 1 amide bonds. The highest BCUT2D eigenvalue weighted by Crippen LogP contribution is 2.26. The molecule has 0 atom stereocenters. The van der Waals surface area contributed by atoms with Gasteiger partial charge < -0.3 is 14.8 Å². The average molecular weight is 379 g/mol. The quantitative estimate of drug-likeness (QED) is 0.707. The minimum absolute atomic E-state index is 0.0331. The second kappa shape index (κ2) is 7.72. The maximum absolute atomic E-state index is 13.0. The van der Waals surface area contributed by atoms with E-state index in [0.717, 1.165) is 5.69 Å². The van der Waals surface area contributed by atoms with Crippen molar-refractivity contribution < 1.29 is 19.1 Å². The van der Waals surface area contributed by atoms with Crippen molar-refractivity contribution in [2.75, 3.05) is 0 Å².